The van der Waals surface area contributed by atoms with Gasteiger partial charge >= 0.3 is 0 Å². The third-order valence-electron chi connectivity index (χ3n) is 6.16. The Morgan fingerprint density at radius 2 is 0.500 bits per heavy atom. The molecule has 0 aliphatic rings. The third kappa shape index (κ3) is 26.0. The summed E-state index contributed by atoms with van der Waals surface area (Å²) in [4.78, 5) is 0. The summed E-state index contributed by atoms with van der Waals surface area (Å²) in [6.45, 7) is 7.09. The van der Waals surface area contributed by atoms with Gasteiger partial charge in [-0.05, 0) is 25.9 Å². The predicted molar refractivity (Wildman–Crippen MR) is 130 cm³/mol. The van der Waals surface area contributed by atoms with Gasteiger partial charge in [0.05, 0.1) is 0 Å². The molecular weight excluding hydrogens is 338 g/mol. The van der Waals surface area contributed by atoms with Gasteiger partial charge in [-0.15, -0.1) is 0 Å². The third-order valence-corrected chi connectivity index (χ3v) is 6.16. The smallest absolute Gasteiger partial charge is 0.00489 e. The van der Waals surface area contributed by atoms with Crippen LogP contribution >= 0.6 is 0 Å². The molecule has 0 heterocycles. The van der Waals surface area contributed by atoms with Crippen molar-refractivity contribution < 1.29 is 0 Å². The molecule has 1 heteroatoms. The number of unbranched alkanes of at least 4 members (excludes halogenated alkanes) is 21. The first-order valence-electron chi connectivity index (χ1n) is 13.6. The molecular formula is C27H57N. The SMILES string of the molecule is CCCCCCCCCCCCCCCCNCCCCCCCCCCC. The lowest BCUT2D eigenvalue weighted by atomic mass is 10.0. The number of hydrogen-bond donors (Lipinski definition) is 1. The van der Waals surface area contributed by atoms with E-state index in [4.69, 9.17) is 0 Å². The molecule has 0 spiro atoms. The van der Waals surface area contributed by atoms with E-state index in [0.29, 0.717) is 0 Å². The van der Waals surface area contributed by atoms with E-state index in [2.05, 4.69) is 19.2 Å². The topological polar surface area (TPSA) is 12.0 Å². The summed E-state index contributed by atoms with van der Waals surface area (Å²) in [5.74, 6) is 0. The van der Waals surface area contributed by atoms with Crippen LogP contribution in [0.15, 0.2) is 0 Å². The fraction of sp³-hybridized carbons (Fsp3) is 1.00. The molecule has 0 aliphatic heterocycles. The second-order valence-corrected chi connectivity index (χ2v) is 9.17. The van der Waals surface area contributed by atoms with E-state index in [9.17, 15) is 0 Å². The molecule has 0 unspecified atom stereocenters. The molecule has 1 N–H and O–H groups in total. The van der Waals surface area contributed by atoms with Crippen molar-refractivity contribution in [1.82, 2.24) is 5.32 Å². The summed E-state index contributed by atoms with van der Waals surface area (Å²) < 4.78 is 0. The zero-order chi connectivity index (χ0) is 20.4. The fourth-order valence-electron chi connectivity index (χ4n) is 4.13. The van der Waals surface area contributed by atoms with Gasteiger partial charge in [-0.2, -0.15) is 0 Å². The Labute approximate surface area is 180 Å². The zero-order valence-electron chi connectivity index (χ0n) is 20.2. The van der Waals surface area contributed by atoms with Crippen molar-refractivity contribution in [1.29, 1.82) is 0 Å². The van der Waals surface area contributed by atoms with Crippen molar-refractivity contribution in [2.45, 2.75) is 162 Å². The van der Waals surface area contributed by atoms with E-state index in [1.807, 2.05) is 0 Å². The highest BCUT2D eigenvalue weighted by Gasteiger charge is 1.95. The van der Waals surface area contributed by atoms with Gasteiger partial charge in [-0.1, -0.05) is 149 Å². The molecule has 0 saturated heterocycles. The average molecular weight is 396 g/mol. The lowest BCUT2D eigenvalue weighted by Gasteiger charge is -2.06. The first-order chi connectivity index (χ1) is 13.9. The minimum absolute atomic E-state index is 1.24. The highest BCUT2D eigenvalue weighted by molar-refractivity contribution is 4.53. The summed E-state index contributed by atoms with van der Waals surface area (Å²) in [6.07, 6.45) is 33.3. The van der Waals surface area contributed by atoms with Crippen molar-refractivity contribution in [3.8, 4) is 0 Å². The largest absolute Gasteiger partial charge is 0.317 e. The van der Waals surface area contributed by atoms with E-state index in [1.165, 1.54) is 161 Å². The molecule has 0 amide bonds. The van der Waals surface area contributed by atoms with E-state index >= 15 is 0 Å². The molecule has 0 atom stereocenters. The van der Waals surface area contributed by atoms with Crippen molar-refractivity contribution >= 4 is 0 Å². The molecule has 0 aliphatic carbocycles. The van der Waals surface area contributed by atoms with Gasteiger partial charge in [0.25, 0.3) is 0 Å². The van der Waals surface area contributed by atoms with E-state index in [-0.39, 0.29) is 0 Å². The molecule has 28 heavy (non-hydrogen) atoms. The second-order valence-electron chi connectivity index (χ2n) is 9.17. The van der Waals surface area contributed by atoms with Crippen LogP contribution in [0.4, 0.5) is 0 Å². The van der Waals surface area contributed by atoms with Gasteiger partial charge in [0.2, 0.25) is 0 Å². The predicted octanol–water partition coefficient (Wildman–Crippen LogP) is 9.59. The second kappa shape index (κ2) is 27.0. The molecule has 0 bridgehead atoms. The van der Waals surface area contributed by atoms with Gasteiger partial charge in [0, 0.05) is 0 Å². The number of rotatable bonds is 25. The van der Waals surface area contributed by atoms with Gasteiger partial charge in [0.15, 0.2) is 0 Å². The van der Waals surface area contributed by atoms with Gasteiger partial charge in [-0.25, -0.2) is 0 Å². The van der Waals surface area contributed by atoms with Crippen LogP contribution in [0.1, 0.15) is 162 Å². The lowest BCUT2D eigenvalue weighted by molar-refractivity contribution is 0.521. The lowest BCUT2D eigenvalue weighted by Crippen LogP contribution is -2.16. The number of nitrogens with one attached hydrogen (secondary N) is 1. The molecule has 0 aromatic carbocycles. The number of hydrogen-bond acceptors (Lipinski definition) is 1. The summed E-state index contributed by atoms with van der Waals surface area (Å²) in [5.41, 5.74) is 0. The van der Waals surface area contributed by atoms with Crippen molar-refractivity contribution in [2.24, 2.45) is 0 Å². The fourth-order valence-corrected chi connectivity index (χ4v) is 4.13. The summed E-state index contributed by atoms with van der Waals surface area (Å²) >= 11 is 0. The van der Waals surface area contributed by atoms with Crippen molar-refractivity contribution in [3.05, 3.63) is 0 Å². The molecule has 0 radical (unpaired) electrons. The van der Waals surface area contributed by atoms with Crippen LogP contribution in [0.5, 0.6) is 0 Å². The zero-order valence-corrected chi connectivity index (χ0v) is 20.2. The maximum absolute atomic E-state index is 3.65. The van der Waals surface area contributed by atoms with Crippen molar-refractivity contribution in [2.75, 3.05) is 13.1 Å². The molecule has 0 saturated carbocycles. The Morgan fingerprint density at radius 3 is 0.750 bits per heavy atom. The normalized spacial score (nSPS) is 11.4. The Morgan fingerprint density at radius 1 is 0.286 bits per heavy atom. The van der Waals surface area contributed by atoms with Crippen LogP contribution < -0.4 is 5.32 Å². The maximum Gasteiger partial charge on any atom is -0.00489 e. The van der Waals surface area contributed by atoms with Gasteiger partial charge in [0.1, 0.15) is 0 Å². The summed E-state index contributed by atoms with van der Waals surface area (Å²) in [5, 5.41) is 3.65. The van der Waals surface area contributed by atoms with Crippen LogP contribution in [0.2, 0.25) is 0 Å². The Balaban J connectivity index is 2.96. The summed E-state index contributed by atoms with van der Waals surface area (Å²) in [7, 11) is 0. The van der Waals surface area contributed by atoms with E-state index in [0.717, 1.165) is 0 Å². The Bertz CT molecular complexity index is 225. The Hall–Kier alpha value is -0.0400. The quantitative estimate of drug-likeness (QED) is 0.152. The first-order valence-corrected chi connectivity index (χ1v) is 13.6. The molecule has 0 fully saturated rings. The van der Waals surface area contributed by atoms with Crippen LogP contribution in [0.25, 0.3) is 0 Å². The molecule has 0 rings (SSSR count). The van der Waals surface area contributed by atoms with Crippen LogP contribution in [-0.2, 0) is 0 Å². The van der Waals surface area contributed by atoms with Crippen molar-refractivity contribution in [3.63, 3.8) is 0 Å². The summed E-state index contributed by atoms with van der Waals surface area (Å²) in [6, 6.07) is 0. The van der Waals surface area contributed by atoms with Crippen LogP contribution in [0.3, 0.4) is 0 Å². The minimum Gasteiger partial charge on any atom is -0.317 e. The minimum atomic E-state index is 1.24. The molecule has 0 aromatic rings. The maximum atomic E-state index is 3.65. The molecule has 1 nitrogen and oxygen atoms in total. The standard InChI is InChI=1S/C27H57N/c1-3-5-7-9-11-13-14-15-16-17-19-21-23-25-27-28-26-24-22-20-18-12-10-8-6-4-2/h28H,3-27H2,1-2H3. The monoisotopic (exact) mass is 395 g/mol. The van der Waals surface area contributed by atoms with Gasteiger partial charge < -0.3 is 5.32 Å². The van der Waals surface area contributed by atoms with Gasteiger partial charge in [-0.3, -0.25) is 0 Å². The van der Waals surface area contributed by atoms with E-state index < -0.39 is 0 Å². The highest BCUT2D eigenvalue weighted by Crippen LogP contribution is 2.13. The van der Waals surface area contributed by atoms with Crippen LogP contribution in [0, 0.1) is 0 Å². The molecule has 0 aromatic heterocycles. The Kier molecular flexibility index (Phi) is 26.9. The first kappa shape index (κ1) is 28.0. The highest BCUT2D eigenvalue weighted by atomic mass is 14.8. The van der Waals surface area contributed by atoms with E-state index in [1.54, 1.807) is 0 Å². The average Bonchev–Trinajstić information content (AvgIpc) is 2.71. The van der Waals surface area contributed by atoms with Crippen LogP contribution in [-0.4, -0.2) is 13.1 Å². The molecule has 170 valence electrons.